The number of aromatic nitrogens is 2. The minimum Gasteiger partial charge on any atom is -0.352 e. The van der Waals surface area contributed by atoms with Crippen molar-refractivity contribution in [2.75, 3.05) is 11.9 Å². The van der Waals surface area contributed by atoms with Gasteiger partial charge in [-0.25, -0.2) is 0 Å². The van der Waals surface area contributed by atoms with Gasteiger partial charge < -0.3 is 16.0 Å². The van der Waals surface area contributed by atoms with Crippen LogP contribution < -0.4 is 16.0 Å². The molecule has 0 aromatic carbocycles. The Labute approximate surface area is 124 Å². The normalized spacial score (nSPS) is 15.5. The molecule has 0 spiro atoms. The van der Waals surface area contributed by atoms with Crippen molar-refractivity contribution in [2.45, 2.75) is 51.7 Å². The molecule has 1 unspecified atom stereocenters. The van der Waals surface area contributed by atoms with Gasteiger partial charge in [-0.05, 0) is 26.3 Å². The van der Waals surface area contributed by atoms with Crippen molar-refractivity contribution >= 4 is 17.5 Å². The quantitative estimate of drug-likeness (QED) is 0.651. The van der Waals surface area contributed by atoms with Crippen LogP contribution in [0.4, 0.5) is 5.69 Å². The summed E-state index contributed by atoms with van der Waals surface area (Å²) in [6.45, 7) is 4.99. The zero-order valence-electron chi connectivity index (χ0n) is 12.6. The van der Waals surface area contributed by atoms with Gasteiger partial charge in [-0.1, -0.05) is 6.92 Å². The highest BCUT2D eigenvalue weighted by molar-refractivity contribution is 5.90. The van der Waals surface area contributed by atoms with Crippen LogP contribution in [0.5, 0.6) is 0 Å². The van der Waals surface area contributed by atoms with Crippen LogP contribution >= 0.6 is 0 Å². The molecule has 3 N–H and O–H groups in total. The molecule has 1 atom stereocenters. The lowest BCUT2D eigenvalue weighted by Crippen LogP contribution is -2.30. The van der Waals surface area contributed by atoms with Gasteiger partial charge in [0.1, 0.15) is 6.54 Å². The zero-order valence-corrected chi connectivity index (χ0v) is 12.6. The summed E-state index contributed by atoms with van der Waals surface area (Å²) in [4.78, 5) is 23.5. The highest BCUT2D eigenvalue weighted by atomic mass is 16.2. The second-order valence-corrected chi connectivity index (χ2v) is 5.48. The molecule has 1 heterocycles. The first kappa shape index (κ1) is 15.5. The van der Waals surface area contributed by atoms with Crippen LogP contribution in [0.1, 0.15) is 33.1 Å². The molecule has 7 heteroatoms. The first-order valence-corrected chi connectivity index (χ1v) is 7.42. The van der Waals surface area contributed by atoms with Crippen LogP contribution in [0.25, 0.3) is 0 Å². The molecule has 2 rings (SSSR count). The molecule has 21 heavy (non-hydrogen) atoms. The van der Waals surface area contributed by atoms with Crippen molar-refractivity contribution in [1.29, 1.82) is 0 Å². The van der Waals surface area contributed by atoms with Gasteiger partial charge in [0.15, 0.2) is 0 Å². The number of carbonyl (C=O) groups is 2. The number of nitrogens with zero attached hydrogens (tertiary/aromatic N) is 2. The van der Waals surface area contributed by atoms with Gasteiger partial charge in [-0.2, -0.15) is 5.10 Å². The highest BCUT2D eigenvalue weighted by Gasteiger charge is 2.23. The van der Waals surface area contributed by atoms with E-state index in [2.05, 4.69) is 21.0 Å². The van der Waals surface area contributed by atoms with Crippen molar-refractivity contribution in [3.63, 3.8) is 0 Å². The van der Waals surface area contributed by atoms with Crippen LogP contribution in [0.2, 0.25) is 0 Å². The average molecular weight is 293 g/mol. The Balaban J connectivity index is 1.76. The molecule has 0 saturated heterocycles. The number of hydrogen-bond acceptors (Lipinski definition) is 4. The number of hydrogen-bond donors (Lipinski definition) is 3. The SMILES string of the molecule is CCNC(C)CC(=O)Nc1cnn(CC(=O)NC2CC2)c1. The number of nitrogens with one attached hydrogen (secondary N) is 3. The maximum absolute atomic E-state index is 11.8. The lowest BCUT2D eigenvalue weighted by molar-refractivity contribution is -0.122. The van der Waals surface area contributed by atoms with Gasteiger partial charge in [0.05, 0.1) is 11.9 Å². The summed E-state index contributed by atoms with van der Waals surface area (Å²) in [5.41, 5.74) is 0.614. The van der Waals surface area contributed by atoms with Crippen LogP contribution in [-0.2, 0) is 16.1 Å². The third-order valence-electron chi connectivity index (χ3n) is 3.21. The van der Waals surface area contributed by atoms with Crippen molar-refractivity contribution < 1.29 is 9.59 Å². The molecule has 1 aliphatic carbocycles. The summed E-state index contributed by atoms with van der Waals surface area (Å²) in [6.07, 6.45) is 5.76. The van der Waals surface area contributed by atoms with E-state index in [1.165, 1.54) is 4.68 Å². The van der Waals surface area contributed by atoms with E-state index in [9.17, 15) is 9.59 Å². The van der Waals surface area contributed by atoms with Crippen LogP contribution in [0, 0.1) is 0 Å². The predicted molar refractivity (Wildman–Crippen MR) is 79.8 cm³/mol. The molecular weight excluding hydrogens is 270 g/mol. The lowest BCUT2D eigenvalue weighted by Gasteiger charge is -2.11. The van der Waals surface area contributed by atoms with Gasteiger partial charge >= 0.3 is 0 Å². The fourth-order valence-electron chi connectivity index (χ4n) is 2.07. The zero-order chi connectivity index (χ0) is 15.2. The molecule has 1 fully saturated rings. The minimum atomic E-state index is -0.0644. The molecule has 0 bridgehead atoms. The van der Waals surface area contributed by atoms with Crippen molar-refractivity contribution in [3.05, 3.63) is 12.4 Å². The molecule has 1 aromatic heterocycles. The lowest BCUT2D eigenvalue weighted by atomic mass is 10.2. The fraction of sp³-hybridized carbons (Fsp3) is 0.643. The van der Waals surface area contributed by atoms with Gasteiger partial charge in [0.25, 0.3) is 0 Å². The Morgan fingerprint density at radius 1 is 1.43 bits per heavy atom. The second-order valence-electron chi connectivity index (χ2n) is 5.48. The van der Waals surface area contributed by atoms with Gasteiger partial charge in [-0.15, -0.1) is 0 Å². The molecule has 2 amide bonds. The van der Waals surface area contributed by atoms with Crippen LogP contribution in [0.3, 0.4) is 0 Å². The maximum atomic E-state index is 11.8. The summed E-state index contributed by atoms with van der Waals surface area (Å²) >= 11 is 0. The molecular formula is C14H23N5O2. The maximum Gasteiger partial charge on any atom is 0.241 e. The molecule has 1 aromatic rings. The number of anilines is 1. The van der Waals surface area contributed by atoms with E-state index >= 15 is 0 Å². The van der Waals surface area contributed by atoms with E-state index in [1.54, 1.807) is 12.4 Å². The number of carbonyl (C=O) groups excluding carboxylic acids is 2. The van der Waals surface area contributed by atoms with Gasteiger partial charge in [0, 0.05) is 24.7 Å². The predicted octanol–water partition coefficient (Wildman–Crippen LogP) is 0.488. The van der Waals surface area contributed by atoms with E-state index in [4.69, 9.17) is 0 Å². The van der Waals surface area contributed by atoms with Crippen molar-refractivity contribution in [2.24, 2.45) is 0 Å². The third kappa shape index (κ3) is 5.55. The van der Waals surface area contributed by atoms with Gasteiger partial charge in [-0.3, -0.25) is 14.3 Å². The third-order valence-corrected chi connectivity index (χ3v) is 3.21. The van der Waals surface area contributed by atoms with E-state index in [0.29, 0.717) is 18.2 Å². The molecule has 7 nitrogen and oxygen atoms in total. The van der Waals surface area contributed by atoms with E-state index in [0.717, 1.165) is 19.4 Å². The molecule has 1 saturated carbocycles. The highest BCUT2D eigenvalue weighted by Crippen LogP contribution is 2.18. The van der Waals surface area contributed by atoms with Crippen molar-refractivity contribution in [1.82, 2.24) is 20.4 Å². The molecule has 0 radical (unpaired) electrons. The number of rotatable bonds is 8. The average Bonchev–Trinajstić information content (AvgIpc) is 3.09. The topological polar surface area (TPSA) is 88.1 Å². The Morgan fingerprint density at radius 3 is 2.86 bits per heavy atom. The summed E-state index contributed by atoms with van der Waals surface area (Å²) in [5, 5.41) is 12.9. The Hall–Kier alpha value is -1.89. The van der Waals surface area contributed by atoms with E-state index < -0.39 is 0 Å². The van der Waals surface area contributed by atoms with Crippen LogP contribution in [0.15, 0.2) is 12.4 Å². The second kappa shape index (κ2) is 7.21. The summed E-state index contributed by atoms with van der Waals surface area (Å²) in [7, 11) is 0. The van der Waals surface area contributed by atoms with Gasteiger partial charge in [0.2, 0.25) is 11.8 Å². The Kier molecular flexibility index (Phi) is 5.32. The van der Waals surface area contributed by atoms with E-state index in [-0.39, 0.29) is 24.4 Å². The Morgan fingerprint density at radius 2 is 2.19 bits per heavy atom. The molecule has 116 valence electrons. The number of amides is 2. The summed E-state index contributed by atoms with van der Waals surface area (Å²) < 4.78 is 1.53. The molecule has 0 aliphatic heterocycles. The first-order valence-electron chi connectivity index (χ1n) is 7.42. The smallest absolute Gasteiger partial charge is 0.241 e. The first-order chi connectivity index (χ1) is 10.1. The monoisotopic (exact) mass is 293 g/mol. The molecule has 1 aliphatic rings. The Bertz CT molecular complexity index is 495. The summed E-state index contributed by atoms with van der Waals surface area (Å²) in [5.74, 6) is -0.107. The minimum absolute atomic E-state index is 0.0424. The fourth-order valence-corrected chi connectivity index (χ4v) is 2.07. The van der Waals surface area contributed by atoms with E-state index in [1.807, 2.05) is 13.8 Å². The standard InChI is InChI=1S/C14H23N5O2/c1-3-15-10(2)6-13(20)18-12-7-16-19(8-12)9-14(21)17-11-4-5-11/h7-8,10-11,15H,3-6,9H2,1-2H3,(H,17,21)(H,18,20). The van der Waals surface area contributed by atoms with Crippen molar-refractivity contribution in [3.8, 4) is 0 Å². The summed E-state index contributed by atoms with van der Waals surface area (Å²) in [6, 6.07) is 0.481. The largest absolute Gasteiger partial charge is 0.352 e. The van der Waals surface area contributed by atoms with Crippen LogP contribution in [-0.4, -0.2) is 40.2 Å².